The van der Waals surface area contributed by atoms with Crippen LogP contribution in [0.2, 0.25) is 0 Å². The average molecular weight is 395 g/mol. The molecule has 0 radical (unpaired) electrons. The first-order chi connectivity index (χ1) is 13.9. The second-order valence-electron chi connectivity index (χ2n) is 6.50. The van der Waals surface area contributed by atoms with Crippen molar-refractivity contribution < 1.29 is 29.3 Å². The maximum Gasteiger partial charge on any atom is 0.305 e. The Morgan fingerprint density at radius 3 is 2.28 bits per heavy atom. The Bertz CT molecular complexity index is 949. The molecular weight excluding hydrogens is 374 g/mol. The third kappa shape index (κ3) is 4.13. The first-order valence-corrected chi connectivity index (χ1v) is 9.22. The van der Waals surface area contributed by atoms with E-state index < -0.39 is 23.7 Å². The Kier molecular flexibility index (Phi) is 5.97. The van der Waals surface area contributed by atoms with Crippen molar-refractivity contribution in [2.75, 3.05) is 13.2 Å². The number of Topliss-reactive ketones (excluding diaryl/α,β-unsaturated/α-hetero) is 1. The fourth-order valence-electron chi connectivity index (χ4n) is 3.34. The summed E-state index contributed by atoms with van der Waals surface area (Å²) in [4.78, 5) is 37.6. The highest BCUT2D eigenvalue weighted by atomic mass is 16.5. The van der Waals surface area contributed by atoms with Crippen molar-refractivity contribution in [1.82, 2.24) is 4.90 Å². The quantitative estimate of drug-likeness (QED) is 0.424. The van der Waals surface area contributed by atoms with Crippen molar-refractivity contribution >= 4 is 23.4 Å². The van der Waals surface area contributed by atoms with Crippen molar-refractivity contribution in [2.24, 2.45) is 0 Å². The predicted octanol–water partition coefficient (Wildman–Crippen LogP) is 2.98. The summed E-state index contributed by atoms with van der Waals surface area (Å²) in [5.41, 5.74) is 0.922. The van der Waals surface area contributed by atoms with E-state index >= 15 is 0 Å². The Morgan fingerprint density at radius 1 is 1.03 bits per heavy atom. The highest BCUT2D eigenvalue weighted by Crippen LogP contribution is 2.39. The molecular formula is C22H21NO6. The van der Waals surface area contributed by atoms with E-state index in [2.05, 4.69) is 0 Å². The van der Waals surface area contributed by atoms with Crippen LogP contribution in [0.3, 0.4) is 0 Å². The summed E-state index contributed by atoms with van der Waals surface area (Å²) in [6.45, 7) is 2.20. The van der Waals surface area contributed by atoms with E-state index in [0.717, 1.165) is 0 Å². The Labute approximate surface area is 167 Å². The van der Waals surface area contributed by atoms with E-state index in [4.69, 9.17) is 9.84 Å². The minimum Gasteiger partial charge on any atom is -0.507 e. The van der Waals surface area contributed by atoms with E-state index in [9.17, 15) is 19.5 Å². The first-order valence-electron chi connectivity index (χ1n) is 9.22. The van der Waals surface area contributed by atoms with E-state index in [1.54, 1.807) is 54.6 Å². The number of ketones is 1. The van der Waals surface area contributed by atoms with Crippen molar-refractivity contribution in [3.63, 3.8) is 0 Å². The van der Waals surface area contributed by atoms with Gasteiger partial charge in [0, 0.05) is 12.1 Å². The number of hydrogen-bond acceptors (Lipinski definition) is 5. The van der Waals surface area contributed by atoms with Gasteiger partial charge in [-0.1, -0.05) is 42.5 Å². The molecule has 150 valence electrons. The smallest absolute Gasteiger partial charge is 0.305 e. The number of nitrogens with zero attached hydrogens (tertiary/aromatic N) is 1. The number of aliphatic hydroxyl groups is 1. The van der Waals surface area contributed by atoms with E-state index in [0.29, 0.717) is 23.5 Å². The average Bonchev–Trinajstić information content (AvgIpc) is 2.98. The lowest BCUT2D eigenvalue weighted by molar-refractivity contribution is -0.142. The molecule has 1 aliphatic rings. The molecule has 1 aliphatic heterocycles. The van der Waals surface area contributed by atoms with Crippen LogP contribution in [0.15, 0.2) is 60.2 Å². The first kappa shape index (κ1) is 20.1. The predicted molar refractivity (Wildman–Crippen MR) is 105 cm³/mol. The largest absolute Gasteiger partial charge is 0.507 e. The number of carboxylic acid groups (broad SMARTS) is 1. The molecule has 2 aromatic carbocycles. The number of ether oxygens (including phenoxy) is 1. The Balaban J connectivity index is 2.10. The number of benzene rings is 2. The summed E-state index contributed by atoms with van der Waals surface area (Å²) < 4.78 is 5.43. The maximum absolute atomic E-state index is 12.7. The van der Waals surface area contributed by atoms with Gasteiger partial charge in [-0.15, -0.1) is 0 Å². The maximum atomic E-state index is 12.7. The number of carboxylic acids is 1. The zero-order valence-electron chi connectivity index (χ0n) is 15.9. The molecule has 1 heterocycles. The third-order valence-corrected chi connectivity index (χ3v) is 4.66. The number of rotatable bonds is 7. The second-order valence-corrected chi connectivity index (χ2v) is 6.50. The second kappa shape index (κ2) is 8.60. The molecule has 7 nitrogen and oxygen atoms in total. The topological polar surface area (TPSA) is 104 Å². The highest BCUT2D eigenvalue weighted by molar-refractivity contribution is 6.46. The normalized spacial score (nSPS) is 18.1. The molecule has 29 heavy (non-hydrogen) atoms. The summed E-state index contributed by atoms with van der Waals surface area (Å²) in [7, 11) is 0. The molecule has 2 aromatic rings. The molecule has 7 heteroatoms. The molecule has 0 aromatic heterocycles. The van der Waals surface area contributed by atoms with Gasteiger partial charge >= 0.3 is 5.97 Å². The number of aliphatic hydroxyl groups excluding tert-OH is 1. The van der Waals surface area contributed by atoms with Crippen LogP contribution in [0.1, 0.15) is 30.5 Å². The number of aliphatic carboxylic acids is 1. The van der Waals surface area contributed by atoms with E-state index in [-0.39, 0.29) is 24.3 Å². The SMILES string of the molecule is CCOc1ccc(C2/C(=C(\O)c3ccccc3)C(=O)C(=O)N2CCC(=O)O)cc1. The molecule has 1 atom stereocenters. The van der Waals surface area contributed by atoms with Crippen LogP contribution < -0.4 is 4.74 Å². The minimum atomic E-state index is -1.08. The summed E-state index contributed by atoms with van der Waals surface area (Å²) in [6.07, 6.45) is -0.314. The van der Waals surface area contributed by atoms with Crippen LogP contribution in [-0.4, -0.2) is 45.9 Å². The lowest BCUT2D eigenvalue weighted by Crippen LogP contribution is -2.31. The number of hydrogen-bond donors (Lipinski definition) is 2. The highest BCUT2D eigenvalue weighted by Gasteiger charge is 2.46. The minimum absolute atomic E-state index is 0.0595. The van der Waals surface area contributed by atoms with Crippen LogP contribution in [0, 0.1) is 0 Å². The molecule has 3 rings (SSSR count). The summed E-state index contributed by atoms with van der Waals surface area (Å²) in [5.74, 6) is -2.42. The Hall–Kier alpha value is -3.61. The molecule has 1 unspecified atom stereocenters. The van der Waals surface area contributed by atoms with Crippen LogP contribution in [0.5, 0.6) is 5.75 Å². The molecule has 1 saturated heterocycles. The van der Waals surface area contributed by atoms with E-state index in [1.807, 2.05) is 6.92 Å². The van der Waals surface area contributed by atoms with Crippen LogP contribution in [0.4, 0.5) is 0 Å². The van der Waals surface area contributed by atoms with Gasteiger partial charge in [-0.2, -0.15) is 0 Å². The third-order valence-electron chi connectivity index (χ3n) is 4.66. The fourth-order valence-corrected chi connectivity index (χ4v) is 3.34. The number of carbonyl (C=O) groups is 3. The number of amides is 1. The van der Waals surface area contributed by atoms with Gasteiger partial charge < -0.3 is 19.8 Å². The molecule has 0 aliphatic carbocycles. The number of carbonyl (C=O) groups excluding carboxylic acids is 2. The van der Waals surface area contributed by atoms with Gasteiger partial charge in [0.25, 0.3) is 11.7 Å². The van der Waals surface area contributed by atoms with E-state index in [1.165, 1.54) is 4.90 Å². The van der Waals surface area contributed by atoms with Crippen molar-refractivity contribution in [2.45, 2.75) is 19.4 Å². The summed E-state index contributed by atoms with van der Waals surface area (Å²) in [5, 5.41) is 19.8. The molecule has 0 spiro atoms. The van der Waals surface area contributed by atoms with Crippen molar-refractivity contribution in [3.8, 4) is 5.75 Å². The Morgan fingerprint density at radius 2 is 1.69 bits per heavy atom. The zero-order valence-corrected chi connectivity index (χ0v) is 15.9. The summed E-state index contributed by atoms with van der Waals surface area (Å²) >= 11 is 0. The van der Waals surface area contributed by atoms with Gasteiger partial charge in [0.1, 0.15) is 11.5 Å². The zero-order chi connectivity index (χ0) is 21.0. The number of likely N-dealkylation sites (tertiary alicyclic amines) is 1. The van der Waals surface area contributed by atoms with Gasteiger partial charge in [-0.3, -0.25) is 14.4 Å². The van der Waals surface area contributed by atoms with Crippen LogP contribution in [-0.2, 0) is 14.4 Å². The van der Waals surface area contributed by atoms with Gasteiger partial charge in [-0.25, -0.2) is 0 Å². The fraction of sp³-hybridized carbons (Fsp3) is 0.227. The van der Waals surface area contributed by atoms with Crippen LogP contribution in [0.25, 0.3) is 5.76 Å². The van der Waals surface area contributed by atoms with Crippen molar-refractivity contribution in [3.05, 3.63) is 71.3 Å². The molecule has 1 fully saturated rings. The molecule has 1 amide bonds. The lowest BCUT2D eigenvalue weighted by Gasteiger charge is -2.25. The van der Waals surface area contributed by atoms with Gasteiger partial charge in [0.05, 0.1) is 24.6 Å². The monoisotopic (exact) mass is 395 g/mol. The molecule has 0 bridgehead atoms. The molecule has 0 saturated carbocycles. The standard InChI is InChI=1S/C22H21NO6/c1-2-29-16-10-8-14(9-11-16)19-18(20(26)15-6-4-3-5-7-15)21(27)22(28)23(19)13-12-17(24)25/h3-11,19,26H,2,12-13H2,1H3,(H,24,25)/b20-18+. The van der Waals surface area contributed by atoms with Crippen molar-refractivity contribution in [1.29, 1.82) is 0 Å². The summed E-state index contributed by atoms with van der Waals surface area (Å²) in [6, 6.07) is 14.4. The van der Waals surface area contributed by atoms with Crippen LogP contribution >= 0.6 is 0 Å². The van der Waals surface area contributed by atoms with Gasteiger partial charge in [0.2, 0.25) is 0 Å². The van der Waals surface area contributed by atoms with Gasteiger partial charge in [-0.05, 0) is 24.6 Å². The molecule has 2 N–H and O–H groups in total. The van der Waals surface area contributed by atoms with Gasteiger partial charge in [0.15, 0.2) is 0 Å². The lowest BCUT2D eigenvalue weighted by atomic mass is 9.95.